The van der Waals surface area contributed by atoms with Gasteiger partial charge < -0.3 is 4.74 Å². The number of esters is 1. The Morgan fingerprint density at radius 3 is 2.75 bits per heavy atom. The van der Waals surface area contributed by atoms with Crippen LogP contribution in [0.15, 0.2) is 16.9 Å². The minimum atomic E-state index is -3.73. The van der Waals surface area contributed by atoms with Crippen LogP contribution in [0.25, 0.3) is 0 Å². The molecular weight excluding hydrogens is 350 g/mol. The molecule has 0 saturated heterocycles. The van der Waals surface area contributed by atoms with E-state index in [4.69, 9.17) is 0 Å². The third kappa shape index (κ3) is 4.73. The summed E-state index contributed by atoms with van der Waals surface area (Å²) in [6, 6.07) is 1.66. The zero-order chi connectivity index (χ0) is 15.3. The predicted molar refractivity (Wildman–Crippen MR) is 78.5 cm³/mol. The van der Waals surface area contributed by atoms with Gasteiger partial charge in [0.1, 0.15) is 4.60 Å². The average molecular weight is 366 g/mol. The minimum Gasteiger partial charge on any atom is -0.469 e. The maximum Gasteiger partial charge on any atom is 0.306 e. The van der Waals surface area contributed by atoms with E-state index in [9.17, 15) is 13.2 Å². The van der Waals surface area contributed by atoms with Gasteiger partial charge >= 0.3 is 16.2 Å². The summed E-state index contributed by atoms with van der Waals surface area (Å²) in [5, 5.41) is 0. The minimum absolute atomic E-state index is 0.00841. The molecule has 0 bridgehead atoms. The molecule has 0 aromatic carbocycles. The molecule has 0 aliphatic carbocycles. The monoisotopic (exact) mass is 365 g/mol. The molecule has 1 rings (SSSR count). The van der Waals surface area contributed by atoms with Crippen molar-refractivity contribution < 1.29 is 17.9 Å². The fourth-order valence-electron chi connectivity index (χ4n) is 1.31. The number of hydrogen-bond acceptors (Lipinski definition) is 5. The van der Waals surface area contributed by atoms with Crippen molar-refractivity contribution in [3.05, 3.63) is 22.4 Å². The molecule has 7 nitrogen and oxygen atoms in total. The molecule has 0 aliphatic rings. The number of halogens is 1. The van der Waals surface area contributed by atoms with Crippen molar-refractivity contribution in [2.24, 2.45) is 0 Å². The Morgan fingerprint density at radius 1 is 1.55 bits per heavy atom. The van der Waals surface area contributed by atoms with Crippen molar-refractivity contribution in [1.29, 1.82) is 0 Å². The first-order valence-corrected chi connectivity index (χ1v) is 7.92. The fourth-order valence-corrected chi connectivity index (χ4v) is 2.43. The number of rotatable bonds is 6. The number of pyridine rings is 1. The second kappa shape index (κ2) is 7.00. The number of methoxy groups -OCH3 is 1. The molecule has 0 fully saturated rings. The Hall–Kier alpha value is -1.19. The van der Waals surface area contributed by atoms with Gasteiger partial charge in [0.25, 0.3) is 0 Å². The summed E-state index contributed by atoms with van der Waals surface area (Å²) in [5.41, 5.74) is 1.16. The number of aryl methyl sites for hydroxylation is 1. The van der Waals surface area contributed by atoms with Gasteiger partial charge in [-0.05, 0) is 34.5 Å². The summed E-state index contributed by atoms with van der Waals surface area (Å²) in [4.78, 5) is 15.0. The Labute approximate surface area is 126 Å². The number of nitrogens with one attached hydrogen (secondary N) is 1. The van der Waals surface area contributed by atoms with Gasteiger partial charge in [-0.15, -0.1) is 0 Å². The van der Waals surface area contributed by atoms with Crippen LogP contribution in [0.3, 0.4) is 0 Å². The maximum atomic E-state index is 12.0. The maximum absolute atomic E-state index is 12.0. The van der Waals surface area contributed by atoms with Gasteiger partial charge in [0, 0.05) is 13.6 Å². The van der Waals surface area contributed by atoms with Crippen LogP contribution in [-0.4, -0.2) is 44.4 Å². The van der Waals surface area contributed by atoms with Crippen LogP contribution in [-0.2, 0) is 19.7 Å². The van der Waals surface area contributed by atoms with Crippen LogP contribution in [0.4, 0.5) is 5.69 Å². The lowest BCUT2D eigenvalue weighted by Gasteiger charge is -2.17. The highest BCUT2D eigenvalue weighted by Gasteiger charge is 2.19. The van der Waals surface area contributed by atoms with E-state index in [-0.39, 0.29) is 13.0 Å². The number of carbonyl (C=O) groups excluding carboxylic acids is 1. The molecule has 0 saturated carbocycles. The topological polar surface area (TPSA) is 88.6 Å². The van der Waals surface area contributed by atoms with Crippen LogP contribution in [0.5, 0.6) is 0 Å². The number of nitrogens with zero attached hydrogens (tertiary/aromatic N) is 2. The molecule has 20 heavy (non-hydrogen) atoms. The molecule has 0 spiro atoms. The molecule has 1 aromatic rings. The number of hydrogen-bond donors (Lipinski definition) is 1. The molecule has 112 valence electrons. The number of carbonyl (C=O) groups is 1. The third-order valence-corrected chi connectivity index (χ3v) is 4.86. The van der Waals surface area contributed by atoms with E-state index >= 15 is 0 Å². The molecule has 1 N–H and O–H groups in total. The second-order valence-electron chi connectivity index (χ2n) is 4.09. The molecule has 1 heterocycles. The predicted octanol–water partition coefficient (Wildman–Crippen LogP) is 1.30. The summed E-state index contributed by atoms with van der Waals surface area (Å²) in [5.74, 6) is -0.465. The van der Waals surface area contributed by atoms with Crippen molar-refractivity contribution in [3.63, 3.8) is 0 Å². The highest BCUT2D eigenvalue weighted by Crippen LogP contribution is 2.18. The molecule has 0 unspecified atom stereocenters. The molecule has 0 atom stereocenters. The van der Waals surface area contributed by atoms with Crippen LogP contribution >= 0.6 is 15.9 Å². The quantitative estimate of drug-likeness (QED) is 0.606. The first-order chi connectivity index (χ1) is 9.26. The van der Waals surface area contributed by atoms with Crippen LogP contribution in [0.2, 0.25) is 0 Å². The second-order valence-corrected chi connectivity index (χ2v) is 6.62. The first-order valence-electron chi connectivity index (χ1n) is 5.69. The van der Waals surface area contributed by atoms with E-state index in [1.54, 1.807) is 13.0 Å². The van der Waals surface area contributed by atoms with Gasteiger partial charge in [0.15, 0.2) is 0 Å². The van der Waals surface area contributed by atoms with Gasteiger partial charge in [-0.3, -0.25) is 9.52 Å². The van der Waals surface area contributed by atoms with Crippen molar-refractivity contribution in [1.82, 2.24) is 9.29 Å². The highest BCUT2D eigenvalue weighted by atomic mass is 79.9. The van der Waals surface area contributed by atoms with Crippen LogP contribution in [0.1, 0.15) is 12.0 Å². The summed E-state index contributed by atoms with van der Waals surface area (Å²) in [7, 11) is -1.09. The van der Waals surface area contributed by atoms with E-state index in [0.717, 1.165) is 9.87 Å². The number of anilines is 1. The van der Waals surface area contributed by atoms with E-state index in [2.05, 4.69) is 30.4 Å². The molecular formula is C11H16BrN3O4S. The van der Waals surface area contributed by atoms with Gasteiger partial charge in [-0.1, -0.05) is 0 Å². The standard InChI is InChI=1S/C11H16BrN3O4S/c1-8-6-9(7-13-11(8)12)14-20(17,18)15(2)5-4-10(16)19-3/h6-7,14H,4-5H2,1-3H3. The summed E-state index contributed by atoms with van der Waals surface area (Å²) in [6.07, 6.45) is 1.40. The Balaban J connectivity index is 2.73. The molecule has 0 amide bonds. The van der Waals surface area contributed by atoms with Gasteiger partial charge in [0.05, 0.1) is 25.4 Å². The van der Waals surface area contributed by atoms with Crippen LogP contribution in [0, 0.1) is 6.92 Å². The Bertz CT molecular complexity index is 591. The zero-order valence-corrected chi connectivity index (χ0v) is 13.8. The van der Waals surface area contributed by atoms with Crippen molar-refractivity contribution in [3.8, 4) is 0 Å². The van der Waals surface area contributed by atoms with E-state index in [0.29, 0.717) is 10.3 Å². The van der Waals surface area contributed by atoms with Crippen molar-refractivity contribution in [2.75, 3.05) is 25.4 Å². The fraction of sp³-hybridized carbons (Fsp3) is 0.455. The van der Waals surface area contributed by atoms with Gasteiger partial charge in [0.2, 0.25) is 0 Å². The number of aromatic nitrogens is 1. The average Bonchev–Trinajstić information content (AvgIpc) is 2.39. The lowest BCUT2D eigenvalue weighted by atomic mass is 10.3. The molecule has 0 aliphatic heterocycles. The normalized spacial score (nSPS) is 11.4. The van der Waals surface area contributed by atoms with Crippen LogP contribution < -0.4 is 4.72 Å². The zero-order valence-electron chi connectivity index (χ0n) is 11.4. The summed E-state index contributed by atoms with van der Waals surface area (Å²) >= 11 is 3.24. The first kappa shape index (κ1) is 16.9. The van der Waals surface area contributed by atoms with E-state index in [1.165, 1.54) is 20.4 Å². The van der Waals surface area contributed by atoms with Gasteiger partial charge in [-0.2, -0.15) is 12.7 Å². The number of ether oxygens (including phenoxy) is 1. The molecule has 1 aromatic heterocycles. The highest BCUT2D eigenvalue weighted by molar-refractivity contribution is 9.10. The lowest BCUT2D eigenvalue weighted by Crippen LogP contribution is -2.34. The smallest absolute Gasteiger partial charge is 0.306 e. The third-order valence-electron chi connectivity index (χ3n) is 2.53. The summed E-state index contributed by atoms with van der Waals surface area (Å²) < 4.78 is 32.6. The van der Waals surface area contributed by atoms with Gasteiger partial charge in [-0.25, -0.2) is 4.98 Å². The molecule has 9 heteroatoms. The summed E-state index contributed by atoms with van der Waals surface area (Å²) in [6.45, 7) is 1.83. The lowest BCUT2D eigenvalue weighted by molar-refractivity contribution is -0.140. The van der Waals surface area contributed by atoms with Crippen molar-refractivity contribution >= 4 is 37.8 Å². The van der Waals surface area contributed by atoms with E-state index < -0.39 is 16.2 Å². The Morgan fingerprint density at radius 2 is 2.20 bits per heavy atom. The Kier molecular flexibility index (Phi) is 5.90. The van der Waals surface area contributed by atoms with E-state index in [1.807, 2.05) is 0 Å². The largest absolute Gasteiger partial charge is 0.469 e. The molecule has 0 radical (unpaired) electrons. The SMILES string of the molecule is COC(=O)CCN(C)S(=O)(=O)Nc1cnc(Br)c(C)c1. The van der Waals surface area contributed by atoms with Crippen molar-refractivity contribution in [2.45, 2.75) is 13.3 Å².